The summed E-state index contributed by atoms with van der Waals surface area (Å²) in [7, 11) is 0. The molecule has 3 rings (SSSR count). The van der Waals surface area contributed by atoms with E-state index in [9.17, 15) is 9.18 Å². The average molecular weight is 417 g/mol. The topological polar surface area (TPSA) is 32.8 Å². The lowest BCUT2D eigenvalue weighted by atomic mass is 9.97. The van der Waals surface area contributed by atoms with Crippen molar-refractivity contribution in [2.75, 3.05) is 19.8 Å². The van der Waals surface area contributed by atoms with E-state index in [1.54, 1.807) is 24.3 Å². The predicted molar refractivity (Wildman–Crippen MR) is 113 cm³/mol. The third-order valence-electron chi connectivity index (χ3n) is 5.05. The van der Waals surface area contributed by atoms with Crippen LogP contribution < -0.4 is 4.74 Å². The number of piperazine rings is 1. The van der Waals surface area contributed by atoms with Crippen molar-refractivity contribution < 1.29 is 13.9 Å². The molecule has 0 aromatic heterocycles. The Labute approximate surface area is 176 Å². The summed E-state index contributed by atoms with van der Waals surface area (Å²) in [5, 5.41) is 0.663. The number of ether oxygens (including phenoxy) is 1. The van der Waals surface area contributed by atoms with Crippen molar-refractivity contribution in [3.05, 3.63) is 70.6 Å². The van der Waals surface area contributed by atoms with Crippen molar-refractivity contribution in [3.63, 3.8) is 0 Å². The van der Waals surface area contributed by atoms with Crippen LogP contribution in [0.1, 0.15) is 25.8 Å². The standard InChI is InChI=1S/C23H26ClFN2O2/c1-17(2)13-22-23(15-28)26(14-18-3-7-20(25)8-4-18)11-12-27(22)16-29-21-9-5-19(24)6-10-21/h3-10,17,22H,11-14,16H2,1-2H3/t22-/m0/s1. The molecule has 1 heterocycles. The van der Waals surface area contributed by atoms with Gasteiger partial charge in [0.05, 0.1) is 6.04 Å². The van der Waals surface area contributed by atoms with Gasteiger partial charge in [0.2, 0.25) is 0 Å². The van der Waals surface area contributed by atoms with Gasteiger partial charge in [0.15, 0.2) is 0 Å². The van der Waals surface area contributed by atoms with Gasteiger partial charge in [-0.15, -0.1) is 0 Å². The molecule has 0 amide bonds. The highest BCUT2D eigenvalue weighted by Gasteiger charge is 2.33. The van der Waals surface area contributed by atoms with Crippen LogP contribution in [0, 0.1) is 11.7 Å². The second kappa shape index (κ2) is 9.93. The molecule has 0 bridgehead atoms. The molecule has 6 heteroatoms. The third kappa shape index (κ3) is 5.83. The van der Waals surface area contributed by atoms with Crippen molar-refractivity contribution in [1.29, 1.82) is 0 Å². The van der Waals surface area contributed by atoms with Crippen LogP contribution in [-0.2, 0) is 11.3 Å². The minimum absolute atomic E-state index is 0.0750. The predicted octanol–water partition coefficient (Wildman–Crippen LogP) is 4.76. The first-order chi connectivity index (χ1) is 14.0. The Kier molecular flexibility index (Phi) is 7.32. The summed E-state index contributed by atoms with van der Waals surface area (Å²) in [6.07, 6.45) is 0.828. The molecule has 154 valence electrons. The van der Waals surface area contributed by atoms with E-state index in [0.29, 0.717) is 36.5 Å². The number of hydrogen-bond acceptors (Lipinski definition) is 4. The zero-order valence-corrected chi connectivity index (χ0v) is 17.5. The minimum Gasteiger partial charge on any atom is -0.478 e. The van der Waals surface area contributed by atoms with E-state index in [0.717, 1.165) is 24.3 Å². The SMILES string of the molecule is CC(C)C[C@H]1C(=C=O)N(Cc2ccc(F)cc2)CCN1COc1ccc(Cl)cc1. The van der Waals surface area contributed by atoms with E-state index in [1.807, 2.05) is 17.0 Å². The highest BCUT2D eigenvalue weighted by molar-refractivity contribution is 6.30. The molecule has 0 unspecified atom stereocenters. The molecule has 0 aliphatic carbocycles. The van der Waals surface area contributed by atoms with Crippen molar-refractivity contribution in [3.8, 4) is 5.75 Å². The maximum absolute atomic E-state index is 13.2. The third-order valence-corrected chi connectivity index (χ3v) is 5.30. The first-order valence-electron chi connectivity index (χ1n) is 9.83. The summed E-state index contributed by atoms with van der Waals surface area (Å²) in [4.78, 5) is 16.1. The van der Waals surface area contributed by atoms with Crippen molar-refractivity contribution >= 4 is 17.5 Å². The second-order valence-corrected chi connectivity index (χ2v) is 8.16. The van der Waals surface area contributed by atoms with Crippen LogP contribution in [0.2, 0.25) is 5.02 Å². The molecule has 1 aliphatic heterocycles. The quantitative estimate of drug-likeness (QED) is 0.609. The monoisotopic (exact) mass is 416 g/mol. The van der Waals surface area contributed by atoms with Gasteiger partial charge in [0.1, 0.15) is 29.9 Å². The fourth-order valence-corrected chi connectivity index (χ4v) is 3.69. The number of rotatable bonds is 7. The van der Waals surface area contributed by atoms with E-state index >= 15 is 0 Å². The molecule has 4 nitrogen and oxygen atoms in total. The van der Waals surface area contributed by atoms with Gasteiger partial charge < -0.3 is 9.64 Å². The number of nitrogens with zero attached hydrogens (tertiary/aromatic N) is 2. The Hall–Kier alpha value is -2.33. The molecule has 1 saturated heterocycles. The van der Waals surface area contributed by atoms with Gasteiger partial charge >= 0.3 is 0 Å². The van der Waals surface area contributed by atoms with E-state index < -0.39 is 0 Å². The lowest BCUT2D eigenvalue weighted by Gasteiger charge is -2.43. The summed E-state index contributed by atoms with van der Waals surface area (Å²) in [5.74, 6) is 3.07. The van der Waals surface area contributed by atoms with Gasteiger partial charge in [-0.25, -0.2) is 9.18 Å². The minimum atomic E-state index is -0.262. The molecule has 0 spiro atoms. The lowest BCUT2D eigenvalue weighted by molar-refractivity contribution is 0.0397. The van der Waals surface area contributed by atoms with E-state index in [2.05, 4.69) is 24.7 Å². The fourth-order valence-electron chi connectivity index (χ4n) is 3.57. The van der Waals surface area contributed by atoms with E-state index in [1.165, 1.54) is 12.1 Å². The summed E-state index contributed by atoms with van der Waals surface area (Å²) in [5.41, 5.74) is 1.60. The molecule has 0 radical (unpaired) electrons. The molecule has 1 fully saturated rings. The Bertz CT molecular complexity index is 848. The molecule has 1 aliphatic rings. The van der Waals surface area contributed by atoms with Crippen LogP contribution in [0.25, 0.3) is 0 Å². The summed E-state index contributed by atoms with van der Waals surface area (Å²) < 4.78 is 19.1. The first-order valence-corrected chi connectivity index (χ1v) is 10.2. The largest absolute Gasteiger partial charge is 0.478 e. The summed E-state index contributed by atoms with van der Waals surface area (Å²) in [6, 6.07) is 13.6. The van der Waals surface area contributed by atoms with Crippen LogP contribution in [0.4, 0.5) is 4.39 Å². The fraction of sp³-hybridized carbons (Fsp3) is 0.391. The zero-order valence-electron chi connectivity index (χ0n) is 16.8. The maximum Gasteiger partial charge on any atom is 0.147 e. The van der Waals surface area contributed by atoms with Gasteiger partial charge in [-0.05, 0) is 54.3 Å². The van der Waals surface area contributed by atoms with Crippen molar-refractivity contribution in [2.24, 2.45) is 5.92 Å². The average Bonchev–Trinajstić information content (AvgIpc) is 2.70. The summed E-state index contributed by atoms with van der Waals surface area (Å²) in [6.45, 7) is 6.66. The first kappa shape index (κ1) is 21.4. The Morgan fingerprint density at radius 3 is 2.45 bits per heavy atom. The number of benzene rings is 2. The molecule has 2 aromatic rings. The second-order valence-electron chi connectivity index (χ2n) is 7.72. The highest BCUT2D eigenvalue weighted by Crippen LogP contribution is 2.27. The molecule has 2 aromatic carbocycles. The van der Waals surface area contributed by atoms with Gasteiger partial charge in [-0.3, -0.25) is 4.90 Å². The van der Waals surface area contributed by atoms with Crippen LogP contribution in [0.5, 0.6) is 5.75 Å². The van der Waals surface area contributed by atoms with Gasteiger partial charge in [-0.2, -0.15) is 0 Å². The molecule has 0 N–H and O–H groups in total. The van der Waals surface area contributed by atoms with Crippen LogP contribution >= 0.6 is 11.6 Å². The molecular formula is C23H26ClFN2O2. The van der Waals surface area contributed by atoms with Gasteiger partial charge in [-0.1, -0.05) is 37.6 Å². The smallest absolute Gasteiger partial charge is 0.147 e. The van der Waals surface area contributed by atoms with Crippen LogP contribution in [0.15, 0.2) is 54.2 Å². The van der Waals surface area contributed by atoms with Gasteiger partial charge in [0.25, 0.3) is 0 Å². The molecule has 0 saturated carbocycles. The Morgan fingerprint density at radius 2 is 1.83 bits per heavy atom. The molecule has 29 heavy (non-hydrogen) atoms. The van der Waals surface area contributed by atoms with Crippen molar-refractivity contribution in [2.45, 2.75) is 32.9 Å². The zero-order chi connectivity index (χ0) is 20.8. The van der Waals surface area contributed by atoms with Gasteiger partial charge in [0, 0.05) is 24.7 Å². The molecule has 1 atom stereocenters. The van der Waals surface area contributed by atoms with E-state index in [-0.39, 0.29) is 11.9 Å². The Morgan fingerprint density at radius 1 is 1.14 bits per heavy atom. The highest BCUT2D eigenvalue weighted by atomic mass is 35.5. The normalized spacial score (nSPS) is 17.5. The summed E-state index contributed by atoms with van der Waals surface area (Å²) >= 11 is 5.93. The molecular weight excluding hydrogens is 391 g/mol. The maximum atomic E-state index is 13.2. The van der Waals surface area contributed by atoms with Crippen molar-refractivity contribution in [1.82, 2.24) is 9.80 Å². The number of hydrogen-bond donors (Lipinski definition) is 0. The number of halogens is 2. The Balaban J connectivity index is 1.72. The van der Waals surface area contributed by atoms with Crippen LogP contribution in [0.3, 0.4) is 0 Å². The van der Waals surface area contributed by atoms with E-state index in [4.69, 9.17) is 16.3 Å². The lowest BCUT2D eigenvalue weighted by Crippen LogP contribution is -2.52. The number of carbonyl (C=O) groups excluding carboxylic acids is 1. The van der Waals surface area contributed by atoms with Crippen LogP contribution in [-0.4, -0.2) is 41.6 Å².